The molecule has 4 aromatic rings. The van der Waals surface area contributed by atoms with E-state index in [0.29, 0.717) is 22.2 Å². The number of hydrogen-bond donors (Lipinski definition) is 2. The fourth-order valence-corrected chi connectivity index (χ4v) is 2.75. The van der Waals surface area contributed by atoms with Crippen LogP contribution >= 0.6 is 0 Å². The van der Waals surface area contributed by atoms with Gasteiger partial charge in [0.05, 0.1) is 11.2 Å². The first-order chi connectivity index (χ1) is 12.0. The lowest BCUT2D eigenvalue weighted by atomic mass is 10.2. The molecule has 124 valence electrons. The monoisotopic (exact) mass is 337 g/mol. The molecule has 25 heavy (non-hydrogen) atoms. The molecule has 0 saturated heterocycles. The van der Waals surface area contributed by atoms with Gasteiger partial charge in [-0.2, -0.15) is 0 Å². The van der Waals surface area contributed by atoms with Crippen LogP contribution in [0.15, 0.2) is 52.8 Å². The molecule has 0 atom stereocenters. The Hall–Kier alpha value is -3.55. The standard InChI is InChI=1S/C17H12FN5O2/c1-9-15(23-7-3-2-4-13(23)19-9)17(25)22-21-14-11-8-10(18)5-6-12(11)20-16(14)24/h2-8,20,24H,1H3. The summed E-state index contributed by atoms with van der Waals surface area (Å²) >= 11 is 0. The van der Waals surface area contributed by atoms with Crippen molar-refractivity contribution in [1.29, 1.82) is 0 Å². The van der Waals surface area contributed by atoms with Gasteiger partial charge in [0.15, 0.2) is 5.69 Å². The number of rotatable bonds is 2. The normalized spacial score (nSPS) is 11.8. The van der Waals surface area contributed by atoms with Crippen LogP contribution in [-0.4, -0.2) is 25.4 Å². The molecule has 0 aliphatic rings. The molecule has 3 aromatic heterocycles. The van der Waals surface area contributed by atoms with Gasteiger partial charge in [0, 0.05) is 11.6 Å². The van der Waals surface area contributed by atoms with Crippen LogP contribution in [-0.2, 0) is 0 Å². The zero-order chi connectivity index (χ0) is 17.6. The van der Waals surface area contributed by atoms with Crippen molar-refractivity contribution in [3.8, 4) is 5.88 Å². The van der Waals surface area contributed by atoms with E-state index in [1.54, 1.807) is 29.7 Å². The van der Waals surface area contributed by atoms with E-state index in [2.05, 4.69) is 20.2 Å². The second-order valence-corrected chi connectivity index (χ2v) is 5.49. The molecule has 2 N–H and O–H groups in total. The third-order valence-electron chi connectivity index (χ3n) is 3.86. The number of amides is 1. The SMILES string of the molecule is Cc1nc2ccccn2c1C(=O)N=Nc1c(O)[nH]c2ccc(F)cc12. The second-order valence-electron chi connectivity index (χ2n) is 5.49. The van der Waals surface area contributed by atoms with Crippen LogP contribution in [0.5, 0.6) is 5.88 Å². The van der Waals surface area contributed by atoms with Crippen molar-refractivity contribution in [3.05, 3.63) is 59.8 Å². The molecule has 3 heterocycles. The van der Waals surface area contributed by atoms with E-state index in [4.69, 9.17) is 0 Å². The number of pyridine rings is 1. The highest BCUT2D eigenvalue weighted by atomic mass is 19.1. The number of fused-ring (bicyclic) bond motifs is 2. The number of azo groups is 1. The number of nitrogens with zero attached hydrogens (tertiary/aromatic N) is 4. The summed E-state index contributed by atoms with van der Waals surface area (Å²) < 4.78 is 15.0. The number of halogens is 1. The minimum Gasteiger partial charge on any atom is -0.493 e. The summed E-state index contributed by atoms with van der Waals surface area (Å²) in [6.07, 6.45) is 1.70. The maximum absolute atomic E-state index is 13.4. The second kappa shape index (κ2) is 5.52. The lowest BCUT2D eigenvalue weighted by Gasteiger charge is -1.97. The van der Waals surface area contributed by atoms with Gasteiger partial charge in [-0.25, -0.2) is 9.37 Å². The van der Waals surface area contributed by atoms with Crippen LogP contribution in [0.1, 0.15) is 16.2 Å². The van der Waals surface area contributed by atoms with Gasteiger partial charge >= 0.3 is 5.91 Å². The highest BCUT2D eigenvalue weighted by Gasteiger charge is 2.17. The van der Waals surface area contributed by atoms with Crippen LogP contribution < -0.4 is 0 Å². The minimum absolute atomic E-state index is 0.00863. The quantitative estimate of drug-likeness (QED) is 0.543. The lowest BCUT2D eigenvalue weighted by Crippen LogP contribution is -2.01. The molecule has 0 radical (unpaired) electrons. The molecule has 8 heteroatoms. The molecule has 0 spiro atoms. The van der Waals surface area contributed by atoms with Gasteiger partial charge in [-0.3, -0.25) is 9.20 Å². The topological polar surface area (TPSA) is 95.1 Å². The molecule has 0 aliphatic carbocycles. The Kier molecular flexibility index (Phi) is 3.31. The van der Waals surface area contributed by atoms with Crippen LogP contribution in [0, 0.1) is 12.7 Å². The summed E-state index contributed by atoms with van der Waals surface area (Å²) in [4.78, 5) is 19.4. The largest absolute Gasteiger partial charge is 0.493 e. The number of carbonyl (C=O) groups is 1. The molecule has 0 unspecified atom stereocenters. The molecule has 0 aliphatic heterocycles. The number of H-pyrrole nitrogens is 1. The summed E-state index contributed by atoms with van der Waals surface area (Å²) in [5.41, 5.74) is 1.92. The Morgan fingerprint density at radius 2 is 2.16 bits per heavy atom. The number of benzene rings is 1. The van der Waals surface area contributed by atoms with E-state index in [1.165, 1.54) is 18.2 Å². The van der Waals surface area contributed by atoms with Crippen molar-refractivity contribution in [2.24, 2.45) is 10.2 Å². The first kappa shape index (κ1) is 15.0. The maximum Gasteiger partial charge on any atom is 0.314 e. The summed E-state index contributed by atoms with van der Waals surface area (Å²) in [6, 6.07) is 9.30. The molecular formula is C17H12FN5O2. The van der Waals surface area contributed by atoms with E-state index in [-0.39, 0.29) is 17.3 Å². The molecule has 1 aromatic carbocycles. The molecule has 0 saturated carbocycles. The van der Waals surface area contributed by atoms with Gasteiger partial charge in [0.25, 0.3) is 0 Å². The fourth-order valence-electron chi connectivity index (χ4n) is 2.75. The zero-order valence-corrected chi connectivity index (χ0v) is 13.1. The van der Waals surface area contributed by atoms with Crippen molar-refractivity contribution in [2.45, 2.75) is 6.92 Å². The number of aromatic hydroxyl groups is 1. The maximum atomic E-state index is 13.4. The van der Waals surface area contributed by atoms with Crippen LogP contribution in [0.25, 0.3) is 16.6 Å². The van der Waals surface area contributed by atoms with Crippen molar-refractivity contribution in [3.63, 3.8) is 0 Å². The Morgan fingerprint density at radius 1 is 1.32 bits per heavy atom. The van der Waals surface area contributed by atoms with Crippen LogP contribution in [0.4, 0.5) is 10.1 Å². The fraction of sp³-hybridized carbons (Fsp3) is 0.0588. The zero-order valence-electron chi connectivity index (χ0n) is 13.1. The highest BCUT2D eigenvalue weighted by Crippen LogP contribution is 2.35. The van der Waals surface area contributed by atoms with Crippen molar-refractivity contribution < 1.29 is 14.3 Å². The summed E-state index contributed by atoms with van der Waals surface area (Å²) in [5.74, 6) is -1.37. The van der Waals surface area contributed by atoms with Crippen LogP contribution in [0.2, 0.25) is 0 Å². The van der Waals surface area contributed by atoms with E-state index in [0.717, 1.165) is 0 Å². The lowest BCUT2D eigenvalue weighted by molar-refractivity contribution is 0.0989. The summed E-state index contributed by atoms with van der Waals surface area (Å²) in [6.45, 7) is 1.70. The van der Waals surface area contributed by atoms with Gasteiger partial charge in [-0.05, 0) is 37.3 Å². The average Bonchev–Trinajstić information content (AvgIpc) is 3.08. The van der Waals surface area contributed by atoms with Gasteiger partial charge in [-0.1, -0.05) is 6.07 Å². The molecule has 7 nitrogen and oxygen atoms in total. The smallest absolute Gasteiger partial charge is 0.314 e. The number of imidazole rings is 1. The van der Waals surface area contributed by atoms with E-state index in [1.807, 2.05) is 6.07 Å². The Balaban J connectivity index is 1.77. The number of hydrogen-bond acceptors (Lipinski definition) is 4. The number of aryl methyl sites for hydroxylation is 1. The Morgan fingerprint density at radius 3 is 3.00 bits per heavy atom. The van der Waals surface area contributed by atoms with Gasteiger partial charge in [0.2, 0.25) is 5.88 Å². The van der Waals surface area contributed by atoms with Crippen molar-refractivity contribution in [1.82, 2.24) is 14.4 Å². The van der Waals surface area contributed by atoms with E-state index in [9.17, 15) is 14.3 Å². The van der Waals surface area contributed by atoms with Gasteiger partial charge < -0.3 is 10.1 Å². The predicted octanol–water partition coefficient (Wildman–Crippen LogP) is 3.89. The first-order valence-corrected chi connectivity index (χ1v) is 7.44. The van der Waals surface area contributed by atoms with E-state index < -0.39 is 11.7 Å². The number of aromatic amines is 1. The summed E-state index contributed by atoms with van der Waals surface area (Å²) in [5, 5.41) is 17.8. The van der Waals surface area contributed by atoms with Gasteiger partial charge in [0.1, 0.15) is 17.2 Å². The van der Waals surface area contributed by atoms with E-state index >= 15 is 0 Å². The molecule has 4 rings (SSSR count). The average molecular weight is 337 g/mol. The molecular weight excluding hydrogens is 325 g/mol. The number of carbonyl (C=O) groups excluding carboxylic acids is 1. The predicted molar refractivity (Wildman–Crippen MR) is 88.7 cm³/mol. The highest BCUT2D eigenvalue weighted by molar-refractivity contribution is 5.97. The third kappa shape index (κ3) is 2.44. The summed E-state index contributed by atoms with van der Waals surface area (Å²) in [7, 11) is 0. The Labute approximate surface area is 140 Å². The molecule has 1 amide bonds. The van der Waals surface area contributed by atoms with Crippen molar-refractivity contribution in [2.75, 3.05) is 0 Å². The Bertz CT molecular complexity index is 1160. The third-order valence-corrected chi connectivity index (χ3v) is 3.86. The first-order valence-electron chi connectivity index (χ1n) is 7.44. The number of nitrogens with one attached hydrogen (secondary N) is 1. The van der Waals surface area contributed by atoms with Crippen LogP contribution in [0.3, 0.4) is 0 Å². The van der Waals surface area contributed by atoms with Gasteiger partial charge in [-0.15, -0.1) is 10.2 Å². The minimum atomic E-state index is -0.610. The molecule has 0 bridgehead atoms. The van der Waals surface area contributed by atoms with Crippen molar-refractivity contribution >= 4 is 28.1 Å². The number of aromatic nitrogens is 3. The molecule has 0 fully saturated rings.